The van der Waals surface area contributed by atoms with Gasteiger partial charge in [-0.3, -0.25) is 4.79 Å². The molecule has 0 aliphatic heterocycles. The van der Waals surface area contributed by atoms with E-state index in [0.717, 1.165) is 33.5 Å². The molecule has 0 saturated heterocycles. The number of carbonyl (C=O) groups excluding carboxylic acids is 1. The predicted octanol–water partition coefficient (Wildman–Crippen LogP) is 5.06. The molecule has 1 heterocycles. The molecule has 5 heteroatoms. The van der Waals surface area contributed by atoms with Gasteiger partial charge < -0.3 is 5.32 Å². The van der Waals surface area contributed by atoms with Gasteiger partial charge in [0, 0.05) is 22.9 Å². The van der Waals surface area contributed by atoms with E-state index in [1.807, 2.05) is 60.7 Å². The van der Waals surface area contributed by atoms with E-state index < -0.39 is 0 Å². The zero-order valence-electron chi connectivity index (χ0n) is 16.8. The van der Waals surface area contributed by atoms with Crippen LogP contribution in [0.1, 0.15) is 11.1 Å². The van der Waals surface area contributed by atoms with Gasteiger partial charge in [-0.05, 0) is 24.5 Å². The Labute approximate surface area is 180 Å². The van der Waals surface area contributed by atoms with Crippen molar-refractivity contribution in [3.63, 3.8) is 0 Å². The van der Waals surface area contributed by atoms with Crippen molar-refractivity contribution in [2.24, 2.45) is 0 Å². The highest BCUT2D eigenvalue weighted by Crippen LogP contribution is 2.31. The number of carbonyl (C=O) groups is 1. The lowest BCUT2D eigenvalue weighted by Gasteiger charge is -2.10. The highest BCUT2D eigenvalue weighted by atomic mass is 32.2. The van der Waals surface area contributed by atoms with Crippen LogP contribution in [0.3, 0.4) is 0 Å². The summed E-state index contributed by atoms with van der Waals surface area (Å²) >= 11 is 1.43. The molecule has 1 N–H and O–H groups in total. The number of hydrogen-bond acceptors (Lipinski definition) is 4. The summed E-state index contributed by atoms with van der Waals surface area (Å²) in [6, 6.07) is 26.4. The number of nitrogens with one attached hydrogen (secondary N) is 1. The lowest BCUT2D eigenvalue weighted by Crippen LogP contribution is -2.27. The maximum Gasteiger partial charge on any atom is 0.230 e. The molecule has 30 heavy (non-hydrogen) atoms. The third-order valence-electron chi connectivity index (χ3n) is 5.02. The summed E-state index contributed by atoms with van der Waals surface area (Å²) in [5.74, 6) is 0.323. The number of aryl methyl sites for hydroxylation is 1. The fourth-order valence-electron chi connectivity index (χ4n) is 3.41. The lowest BCUT2D eigenvalue weighted by molar-refractivity contribution is -0.118. The van der Waals surface area contributed by atoms with Gasteiger partial charge in [0.25, 0.3) is 0 Å². The Morgan fingerprint density at radius 3 is 2.37 bits per heavy atom. The Morgan fingerprint density at radius 1 is 0.867 bits per heavy atom. The highest BCUT2D eigenvalue weighted by Gasteiger charge is 2.12. The molecule has 1 aromatic heterocycles. The number of thioether (sulfide) groups is 1. The molecule has 4 nitrogen and oxygen atoms in total. The molecule has 0 aliphatic carbocycles. The minimum Gasteiger partial charge on any atom is -0.355 e. The van der Waals surface area contributed by atoms with Crippen molar-refractivity contribution in [1.29, 1.82) is 0 Å². The molecule has 0 unspecified atom stereocenters. The van der Waals surface area contributed by atoms with Crippen LogP contribution < -0.4 is 5.32 Å². The van der Waals surface area contributed by atoms with Gasteiger partial charge in [-0.1, -0.05) is 90.6 Å². The van der Waals surface area contributed by atoms with Crippen molar-refractivity contribution in [2.45, 2.75) is 18.4 Å². The van der Waals surface area contributed by atoms with Crippen molar-refractivity contribution in [3.05, 3.63) is 90.0 Å². The molecule has 4 aromatic rings. The normalized spacial score (nSPS) is 10.8. The molecule has 0 aliphatic rings. The van der Waals surface area contributed by atoms with Gasteiger partial charge in [-0.2, -0.15) is 0 Å². The Hall–Kier alpha value is -3.18. The Balaban J connectivity index is 1.42. The number of rotatable bonds is 7. The van der Waals surface area contributed by atoms with Crippen LogP contribution in [0.2, 0.25) is 0 Å². The molecule has 3 aromatic carbocycles. The standard InChI is InChI=1S/C25H23N3OS/c1-18-9-5-6-10-19(18)15-16-26-23(29)17-30-25-22-14-8-7-13-21(22)24(27-28-25)20-11-3-2-4-12-20/h2-14H,15-17H2,1H3,(H,26,29). The van der Waals surface area contributed by atoms with Gasteiger partial charge in [0.05, 0.1) is 5.75 Å². The van der Waals surface area contributed by atoms with Gasteiger partial charge in [-0.25, -0.2) is 0 Å². The van der Waals surface area contributed by atoms with E-state index in [1.165, 1.54) is 22.9 Å². The lowest BCUT2D eigenvalue weighted by atomic mass is 10.1. The van der Waals surface area contributed by atoms with Crippen LogP contribution in [0.4, 0.5) is 0 Å². The molecular weight excluding hydrogens is 390 g/mol. The summed E-state index contributed by atoms with van der Waals surface area (Å²) in [6.07, 6.45) is 0.831. The highest BCUT2D eigenvalue weighted by molar-refractivity contribution is 8.00. The molecule has 0 spiro atoms. The summed E-state index contributed by atoms with van der Waals surface area (Å²) in [5.41, 5.74) is 4.41. The maximum absolute atomic E-state index is 12.3. The quantitative estimate of drug-likeness (QED) is 0.431. The van der Waals surface area contributed by atoms with Gasteiger partial charge in [0.2, 0.25) is 5.91 Å². The van der Waals surface area contributed by atoms with Crippen molar-refractivity contribution >= 4 is 28.4 Å². The summed E-state index contributed by atoms with van der Waals surface area (Å²) in [4.78, 5) is 12.3. The largest absolute Gasteiger partial charge is 0.355 e. The third-order valence-corrected chi connectivity index (χ3v) is 6.00. The van der Waals surface area contributed by atoms with Crippen molar-refractivity contribution in [1.82, 2.24) is 15.5 Å². The van der Waals surface area contributed by atoms with E-state index in [2.05, 4.69) is 40.6 Å². The maximum atomic E-state index is 12.3. The minimum atomic E-state index is 0.00611. The van der Waals surface area contributed by atoms with E-state index >= 15 is 0 Å². The van der Waals surface area contributed by atoms with Crippen molar-refractivity contribution in [2.75, 3.05) is 12.3 Å². The van der Waals surface area contributed by atoms with Crippen LogP contribution >= 0.6 is 11.8 Å². The topological polar surface area (TPSA) is 54.9 Å². The van der Waals surface area contributed by atoms with E-state index in [-0.39, 0.29) is 5.91 Å². The van der Waals surface area contributed by atoms with Crippen LogP contribution in [0.15, 0.2) is 83.9 Å². The number of amides is 1. The van der Waals surface area contributed by atoms with Crippen LogP contribution in [-0.4, -0.2) is 28.4 Å². The van der Waals surface area contributed by atoms with Gasteiger partial charge >= 0.3 is 0 Å². The average Bonchev–Trinajstić information content (AvgIpc) is 2.79. The molecule has 0 fully saturated rings. The van der Waals surface area contributed by atoms with Gasteiger partial charge in [0.15, 0.2) is 0 Å². The molecule has 4 rings (SSSR count). The second-order valence-corrected chi connectivity index (χ2v) is 8.04. The summed E-state index contributed by atoms with van der Waals surface area (Å²) in [5, 5.41) is 14.7. The molecule has 0 saturated carbocycles. The first-order valence-electron chi connectivity index (χ1n) is 9.97. The molecule has 0 atom stereocenters. The molecule has 150 valence electrons. The Kier molecular flexibility index (Phi) is 6.40. The number of aromatic nitrogens is 2. The van der Waals surface area contributed by atoms with Gasteiger partial charge in [-0.15, -0.1) is 10.2 Å². The predicted molar refractivity (Wildman–Crippen MR) is 124 cm³/mol. The monoisotopic (exact) mass is 413 g/mol. The minimum absolute atomic E-state index is 0.00611. The smallest absolute Gasteiger partial charge is 0.230 e. The molecule has 0 radical (unpaired) electrons. The van der Waals surface area contributed by atoms with E-state index in [1.54, 1.807) is 0 Å². The van der Waals surface area contributed by atoms with E-state index in [0.29, 0.717) is 12.3 Å². The first-order valence-corrected chi connectivity index (χ1v) is 11.0. The van der Waals surface area contributed by atoms with Crippen LogP contribution in [-0.2, 0) is 11.2 Å². The second kappa shape index (κ2) is 9.55. The second-order valence-electron chi connectivity index (χ2n) is 7.08. The van der Waals surface area contributed by atoms with Gasteiger partial charge in [0.1, 0.15) is 10.7 Å². The number of benzene rings is 3. The first-order chi connectivity index (χ1) is 14.7. The molecule has 1 amide bonds. The zero-order chi connectivity index (χ0) is 20.8. The fourth-order valence-corrected chi connectivity index (χ4v) is 4.21. The Bertz CT molecular complexity index is 1160. The van der Waals surface area contributed by atoms with Crippen LogP contribution in [0.25, 0.3) is 22.0 Å². The average molecular weight is 414 g/mol. The first kappa shape index (κ1) is 20.1. The SMILES string of the molecule is Cc1ccccc1CCNC(=O)CSc1nnc(-c2ccccc2)c2ccccc12. The molecule has 0 bridgehead atoms. The fraction of sp³-hybridized carbons (Fsp3) is 0.160. The number of hydrogen-bond donors (Lipinski definition) is 1. The van der Waals surface area contributed by atoms with Crippen molar-refractivity contribution in [3.8, 4) is 11.3 Å². The summed E-state index contributed by atoms with van der Waals surface area (Å²) in [6.45, 7) is 2.72. The zero-order valence-corrected chi connectivity index (χ0v) is 17.7. The van der Waals surface area contributed by atoms with Crippen LogP contribution in [0.5, 0.6) is 0 Å². The number of nitrogens with zero attached hydrogens (tertiary/aromatic N) is 2. The molecular formula is C25H23N3OS. The number of fused-ring (bicyclic) bond motifs is 1. The summed E-state index contributed by atoms with van der Waals surface area (Å²) in [7, 11) is 0. The summed E-state index contributed by atoms with van der Waals surface area (Å²) < 4.78 is 0. The van der Waals surface area contributed by atoms with Crippen molar-refractivity contribution < 1.29 is 4.79 Å². The van der Waals surface area contributed by atoms with Crippen LogP contribution in [0, 0.1) is 6.92 Å². The Morgan fingerprint density at radius 2 is 1.57 bits per heavy atom. The van der Waals surface area contributed by atoms with E-state index in [9.17, 15) is 4.79 Å². The third kappa shape index (κ3) is 4.69. The van der Waals surface area contributed by atoms with E-state index in [4.69, 9.17) is 0 Å².